The molecule has 102 valence electrons. The summed E-state index contributed by atoms with van der Waals surface area (Å²) in [5.74, 6) is -1.27. The molecular formula is C14H12FN3O2. The maximum atomic E-state index is 13.4. The second-order valence-corrected chi connectivity index (χ2v) is 4.64. The summed E-state index contributed by atoms with van der Waals surface area (Å²) < 4.78 is 13.4. The average molecular weight is 273 g/mol. The maximum Gasteiger partial charge on any atom is 0.268 e. The van der Waals surface area contributed by atoms with E-state index in [0.29, 0.717) is 40.7 Å². The summed E-state index contributed by atoms with van der Waals surface area (Å²) in [4.78, 5) is 26.1. The Morgan fingerprint density at radius 1 is 1.40 bits per heavy atom. The first-order chi connectivity index (χ1) is 9.56. The largest absolute Gasteiger partial charge is 0.366 e. The van der Waals surface area contributed by atoms with Gasteiger partial charge in [-0.2, -0.15) is 0 Å². The zero-order chi connectivity index (χ0) is 14.3. The van der Waals surface area contributed by atoms with Crippen LogP contribution < -0.4 is 11.1 Å². The summed E-state index contributed by atoms with van der Waals surface area (Å²) in [6.45, 7) is 0.400. The summed E-state index contributed by atoms with van der Waals surface area (Å²) in [7, 11) is 0. The Balaban J connectivity index is 2.35. The summed E-state index contributed by atoms with van der Waals surface area (Å²) in [6, 6.07) is 4.22. The molecule has 1 aliphatic heterocycles. The molecule has 5 nitrogen and oxygen atoms in total. The third-order valence-corrected chi connectivity index (χ3v) is 3.31. The first kappa shape index (κ1) is 12.4. The number of hydrogen-bond donors (Lipinski definition) is 3. The molecule has 4 N–H and O–H groups in total. The van der Waals surface area contributed by atoms with Gasteiger partial charge in [0.25, 0.3) is 5.91 Å². The van der Waals surface area contributed by atoms with Crippen LogP contribution in [-0.2, 0) is 4.79 Å². The molecule has 1 aliphatic rings. The van der Waals surface area contributed by atoms with Gasteiger partial charge < -0.3 is 16.0 Å². The zero-order valence-electron chi connectivity index (χ0n) is 10.5. The molecule has 0 spiro atoms. The summed E-state index contributed by atoms with van der Waals surface area (Å²) in [6.07, 6.45) is 1.75. The second kappa shape index (κ2) is 4.48. The molecule has 0 aliphatic carbocycles. The van der Waals surface area contributed by atoms with Crippen molar-refractivity contribution in [1.82, 2.24) is 10.3 Å². The number of hydrogen-bond acceptors (Lipinski definition) is 2. The molecule has 1 aromatic heterocycles. The third-order valence-electron chi connectivity index (χ3n) is 3.31. The Kier molecular flexibility index (Phi) is 2.78. The van der Waals surface area contributed by atoms with Crippen molar-refractivity contribution in [3.8, 4) is 0 Å². The Hall–Kier alpha value is -2.63. The molecule has 0 unspecified atom stereocenters. The van der Waals surface area contributed by atoms with E-state index >= 15 is 0 Å². The fourth-order valence-electron chi connectivity index (χ4n) is 2.51. The van der Waals surface area contributed by atoms with Crippen LogP contribution in [0.3, 0.4) is 0 Å². The van der Waals surface area contributed by atoms with Gasteiger partial charge >= 0.3 is 0 Å². The van der Waals surface area contributed by atoms with Crippen molar-refractivity contribution in [3.63, 3.8) is 0 Å². The van der Waals surface area contributed by atoms with E-state index in [1.165, 1.54) is 18.2 Å². The fourth-order valence-corrected chi connectivity index (χ4v) is 2.51. The van der Waals surface area contributed by atoms with Crippen molar-refractivity contribution in [2.45, 2.75) is 6.42 Å². The SMILES string of the molecule is NC(=O)/C=C1\CCNC(=O)c2[nH]c3ccc(F)cc3c21. The number of halogens is 1. The summed E-state index contributed by atoms with van der Waals surface area (Å²) in [5.41, 5.74) is 7.35. The molecule has 0 bridgehead atoms. The van der Waals surface area contributed by atoms with Crippen molar-refractivity contribution in [1.29, 1.82) is 0 Å². The van der Waals surface area contributed by atoms with Crippen molar-refractivity contribution in [3.05, 3.63) is 41.3 Å². The average Bonchev–Trinajstić information content (AvgIpc) is 2.68. The van der Waals surface area contributed by atoms with Gasteiger partial charge in [0, 0.05) is 29.1 Å². The van der Waals surface area contributed by atoms with Crippen LogP contribution in [0, 0.1) is 5.82 Å². The lowest BCUT2D eigenvalue weighted by Gasteiger charge is -2.03. The number of amides is 2. The molecule has 0 saturated carbocycles. The summed E-state index contributed by atoms with van der Waals surface area (Å²) >= 11 is 0. The molecule has 0 fully saturated rings. The van der Waals surface area contributed by atoms with Gasteiger partial charge in [0.15, 0.2) is 0 Å². The van der Waals surface area contributed by atoms with Crippen LogP contribution in [0.25, 0.3) is 16.5 Å². The molecule has 0 atom stereocenters. The number of carbonyl (C=O) groups excluding carboxylic acids is 2. The van der Waals surface area contributed by atoms with E-state index in [9.17, 15) is 14.0 Å². The third kappa shape index (κ3) is 1.95. The minimum absolute atomic E-state index is 0.274. The van der Waals surface area contributed by atoms with Crippen LogP contribution in [0.2, 0.25) is 0 Å². The molecule has 3 rings (SSSR count). The normalized spacial score (nSPS) is 16.9. The molecule has 0 saturated heterocycles. The van der Waals surface area contributed by atoms with Gasteiger partial charge in [-0.25, -0.2) is 4.39 Å². The summed E-state index contributed by atoms with van der Waals surface area (Å²) in [5, 5.41) is 3.30. The number of benzene rings is 1. The highest BCUT2D eigenvalue weighted by atomic mass is 19.1. The van der Waals surface area contributed by atoms with Crippen molar-refractivity contribution in [2.75, 3.05) is 6.54 Å². The quantitative estimate of drug-likeness (QED) is 0.684. The highest BCUT2D eigenvalue weighted by Crippen LogP contribution is 2.32. The Bertz CT molecular complexity index is 761. The minimum Gasteiger partial charge on any atom is -0.366 e. The van der Waals surface area contributed by atoms with Crippen LogP contribution in [0.4, 0.5) is 4.39 Å². The number of nitrogens with one attached hydrogen (secondary N) is 2. The molecule has 6 heteroatoms. The number of aromatic nitrogens is 1. The van der Waals surface area contributed by atoms with Gasteiger partial charge in [0.1, 0.15) is 11.5 Å². The number of H-pyrrole nitrogens is 1. The van der Waals surface area contributed by atoms with Gasteiger partial charge in [-0.05, 0) is 30.2 Å². The predicted molar refractivity (Wildman–Crippen MR) is 72.4 cm³/mol. The number of rotatable bonds is 1. The molecule has 0 radical (unpaired) electrons. The topological polar surface area (TPSA) is 88.0 Å². The van der Waals surface area contributed by atoms with Gasteiger partial charge in [-0.3, -0.25) is 9.59 Å². The molecular weight excluding hydrogens is 261 g/mol. The van der Waals surface area contributed by atoms with E-state index in [1.807, 2.05) is 0 Å². The van der Waals surface area contributed by atoms with E-state index in [1.54, 1.807) is 6.07 Å². The Morgan fingerprint density at radius 3 is 2.95 bits per heavy atom. The van der Waals surface area contributed by atoms with Crippen LogP contribution in [0.15, 0.2) is 24.3 Å². The molecule has 2 aromatic rings. The zero-order valence-corrected chi connectivity index (χ0v) is 10.5. The molecule has 2 heterocycles. The predicted octanol–water partition coefficient (Wildman–Crippen LogP) is 1.31. The van der Waals surface area contributed by atoms with Crippen LogP contribution >= 0.6 is 0 Å². The van der Waals surface area contributed by atoms with E-state index in [2.05, 4.69) is 10.3 Å². The molecule has 2 amide bonds. The number of nitrogens with two attached hydrogens (primary N) is 1. The lowest BCUT2D eigenvalue weighted by atomic mass is 9.99. The van der Waals surface area contributed by atoms with Crippen molar-refractivity contribution >= 4 is 28.3 Å². The standard InChI is InChI=1S/C14H12FN3O2/c15-8-1-2-10-9(6-8)12-7(5-11(16)19)3-4-17-14(20)13(12)18-10/h1-2,5-6,18H,3-4H2,(H2,16,19)(H,17,20)/b7-5+. The van der Waals surface area contributed by atoms with Gasteiger partial charge in [-0.15, -0.1) is 0 Å². The van der Waals surface area contributed by atoms with Crippen molar-refractivity contribution < 1.29 is 14.0 Å². The van der Waals surface area contributed by atoms with E-state index in [4.69, 9.17) is 5.73 Å². The number of carbonyl (C=O) groups is 2. The molecule has 20 heavy (non-hydrogen) atoms. The van der Waals surface area contributed by atoms with Gasteiger partial charge in [0.2, 0.25) is 5.91 Å². The van der Waals surface area contributed by atoms with Gasteiger partial charge in [-0.1, -0.05) is 0 Å². The van der Waals surface area contributed by atoms with Crippen molar-refractivity contribution in [2.24, 2.45) is 5.73 Å². The number of primary amides is 1. The van der Waals surface area contributed by atoms with Gasteiger partial charge in [0.05, 0.1) is 0 Å². The maximum absolute atomic E-state index is 13.4. The van der Waals surface area contributed by atoms with Crippen LogP contribution in [0.5, 0.6) is 0 Å². The first-order valence-corrected chi connectivity index (χ1v) is 6.16. The highest BCUT2D eigenvalue weighted by molar-refractivity contribution is 6.09. The fraction of sp³-hybridized carbons (Fsp3) is 0.143. The van der Waals surface area contributed by atoms with Crippen LogP contribution in [-0.4, -0.2) is 23.3 Å². The Labute approximate surface area is 113 Å². The smallest absolute Gasteiger partial charge is 0.268 e. The highest BCUT2D eigenvalue weighted by Gasteiger charge is 2.24. The monoisotopic (exact) mass is 273 g/mol. The minimum atomic E-state index is -0.592. The lowest BCUT2D eigenvalue weighted by Crippen LogP contribution is -2.22. The van der Waals surface area contributed by atoms with Crippen LogP contribution in [0.1, 0.15) is 22.5 Å². The van der Waals surface area contributed by atoms with E-state index in [0.717, 1.165) is 0 Å². The first-order valence-electron chi connectivity index (χ1n) is 6.16. The molecule has 1 aromatic carbocycles. The second-order valence-electron chi connectivity index (χ2n) is 4.64. The number of fused-ring (bicyclic) bond motifs is 3. The lowest BCUT2D eigenvalue weighted by molar-refractivity contribution is -0.113. The van der Waals surface area contributed by atoms with E-state index < -0.39 is 11.7 Å². The number of aromatic amines is 1. The van der Waals surface area contributed by atoms with E-state index in [-0.39, 0.29) is 5.91 Å². The Morgan fingerprint density at radius 2 is 2.20 bits per heavy atom.